The molecular weight excluding hydrogens is 522 g/mol. The summed E-state index contributed by atoms with van der Waals surface area (Å²) in [4.78, 5) is 41.0. The Balaban J connectivity index is 0.000000277. The van der Waals surface area contributed by atoms with Crippen LogP contribution in [0.3, 0.4) is 0 Å². The van der Waals surface area contributed by atoms with Gasteiger partial charge in [0.05, 0.1) is 19.8 Å². The number of amides is 2. The molecule has 216 valence electrons. The van der Waals surface area contributed by atoms with Crippen molar-refractivity contribution in [3.05, 3.63) is 40.6 Å². The molecule has 2 amide bonds. The maximum atomic E-state index is 11.6. The van der Waals surface area contributed by atoms with Crippen molar-refractivity contribution in [2.75, 3.05) is 46.0 Å². The minimum atomic E-state index is -0.129. The Hall–Kier alpha value is -2.95. The van der Waals surface area contributed by atoms with Crippen molar-refractivity contribution in [3.8, 4) is 5.75 Å². The molecule has 1 aromatic carbocycles. The second kappa shape index (κ2) is 17.6. The van der Waals surface area contributed by atoms with E-state index >= 15 is 0 Å². The number of allylic oxidation sites excluding steroid dienone is 1. The molecule has 1 aliphatic heterocycles. The smallest absolute Gasteiger partial charge is 0.258 e. The van der Waals surface area contributed by atoms with E-state index in [0.29, 0.717) is 42.2 Å². The summed E-state index contributed by atoms with van der Waals surface area (Å²) in [5.41, 5.74) is 1.86. The lowest BCUT2D eigenvalue weighted by Gasteiger charge is -2.25. The lowest BCUT2D eigenvalue weighted by Crippen LogP contribution is -2.38. The summed E-state index contributed by atoms with van der Waals surface area (Å²) >= 11 is 5.96. The zero-order valence-corrected chi connectivity index (χ0v) is 24.2. The highest BCUT2D eigenvalue weighted by Gasteiger charge is 2.23. The van der Waals surface area contributed by atoms with Crippen molar-refractivity contribution in [1.82, 2.24) is 20.9 Å². The van der Waals surface area contributed by atoms with Gasteiger partial charge in [-0.1, -0.05) is 24.1 Å². The molecule has 0 radical (unpaired) electrons. The molecule has 0 atom stereocenters. The number of aliphatic imine (C=N–C) groups is 1. The van der Waals surface area contributed by atoms with Crippen LogP contribution in [0.4, 0.5) is 0 Å². The maximum Gasteiger partial charge on any atom is 0.258 e. The van der Waals surface area contributed by atoms with E-state index in [0.717, 1.165) is 56.8 Å². The fourth-order valence-corrected chi connectivity index (χ4v) is 3.58. The molecule has 0 bridgehead atoms. The lowest BCUT2D eigenvalue weighted by atomic mass is 10.2. The second-order valence-corrected chi connectivity index (χ2v) is 10.1. The third kappa shape index (κ3) is 14.1. The van der Waals surface area contributed by atoms with Crippen molar-refractivity contribution in [2.24, 2.45) is 4.99 Å². The van der Waals surface area contributed by atoms with Gasteiger partial charge in [-0.3, -0.25) is 24.3 Å². The first-order valence-electron chi connectivity index (χ1n) is 13.4. The van der Waals surface area contributed by atoms with Crippen LogP contribution in [-0.4, -0.2) is 80.4 Å². The molecule has 1 saturated heterocycles. The van der Waals surface area contributed by atoms with Gasteiger partial charge < -0.3 is 25.4 Å². The van der Waals surface area contributed by atoms with Crippen molar-refractivity contribution >= 4 is 35.0 Å². The number of ketones is 1. The van der Waals surface area contributed by atoms with Crippen LogP contribution in [0, 0.1) is 0 Å². The SMILES string of the molecule is CC(=O)C(=NCCN1CCOCC1)NC=C(C)C.CCC(=O)NCc1cc(Cl)ccc1OCC(=O)NC1CC1. The van der Waals surface area contributed by atoms with Gasteiger partial charge in [0.2, 0.25) is 5.91 Å². The topological polar surface area (TPSA) is 121 Å². The van der Waals surface area contributed by atoms with Crippen LogP contribution in [0.15, 0.2) is 35.0 Å². The highest BCUT2D eigenvalue weighted by Crippen LogP contribution is 2.23. The Labute approximate surface area is 236 Å². The van der Waals surface area contributed by atoms with Crippen LogP contribution in [0.25, 0.3) is 0 Å². The van der Waals surface area contributed by atoms with Gasteiger partial charge in [0.15, 0.2) is 18.2 Å². The number of ether oxygens (including phenoxy) is 2. The van der Waals surface area contributed by atoms with Gasteiger partial charge >= 0.3 is 0 Å². The molecule has 39 heavy (non-hydrogen) atoms. The number of rotatable bonds is 12. The van der Waals surface area contributed by atoms with Crippen LogP contribution >= 0.6 is 11.6 Å². The van der Waals surface area contributed by atoms with Crippen molar-refractivity contribution in [3.63, 3.8) is 0 Å². The predicted octanol–water partition coefficient (Wildman–Crippen LogP) is 2.84. The predicted molar refractivity (Wildman–Crippen MR) is 153 cm³/mol. The number of amidine groups is 1. The number of hydrogen-bond acceptors (Lipinski definition) is 7. The summed E-state index contributed by atoms with van der Waals surface area (Å²) in [6.07, 6.45) is 4.30. The molecule has 0 spiro atoms. The quantitative estimate of drug-likeness (QED) is 0.264. The molecule has 10 nitrogen and oxygen atoms in total. The third-order valence-electron chi connectivity index (χ3n) is 5.74. The number of carbonyl (C=O) groups is 3. The fraction of sp³-hybridized carbons (Fsp3) is 0.571. The lowest BCUT2D eigenvalue weighted by molar-refractivity contribution is -0.123. The molecule has 11 heteroatoms. The first kappa shape index (κ1) is 32.3. The molecule has 1 aromatic rings. The zero-order valence-electron chi connectivity index (χ0n) is 23.5. The monoisotopic (exact) mass is 563 g/mol. The van der Waals surface area contributed by atoms with E-state index in [1.54, 1.807) is 31.3 Å². The normalized spacial score (nSPS) is 15.4. The Kier molecular flexibility index (Phi) is 14.6. The molecule has 1 heterocycles. The van der Waals surface area contributed by atoms with E-state index in [1.807, 2.05) is 13.8 Å². The molecule has 2 fully saturated rings. The number of benzene rings is 1. The van der Waals surface area contributed by atoms with E-state index in [9.17, 15) is 14.4 Å². The molecule has 0 unspecified atom stereocenters. The molecule has 3 N–H and O–H groups in total. The summed E-state index contributed by atoms with van der Waals surface area (Å²) in [5, 5.41) is 9.13. The minimum Gasteiger partial charge on any atom is -0.483 e. The Bertz CT molecular complexity index is 1020. The number of hydrogen-bond donors (Lipinski definition) is 3. The van der Waals surface area contributed by atoms with Gasteiger partial charge in [0.25, 0.3) is 5.91 Å². The maximum absolute atomic E-state index is 11.6. The van der Waals surface area contributed by atoms with E-state index in [-0.39, 0.29) is 24.2 Å². The van der Waals surface area contributed by atoms with Gasteiger partial charge in [0.1, 0.15) is 5.75 Å². The molecule has 0 aromatic heterocycles. The van der Waals surface area contributed by atoms with Crippen molar-refractivity contribution in [1.29, 1.82) is 0 Å². The number of Topliss-reactive ketones (excluding diaryl/α,β-unsaturated/α-hetero) is 1. The fourth-order valence-electron chi connectivity index (χ4n) is 3.39. The average Bonchev–Trinajstić information content (AvgIpc) is 3.73. The highest BCUT2D eigenvalue weighted by atomic mass is 35.5. The zero-order chi connectivity index (χ0) is 28.6. The van der Waals surface area contributed by atoms with Crippen LogP contribution in [0.1, 0.15) is 52.5 Å². The summed E-state index contributed by atoms with van der Waals surface area (Å²) in [6.45, 7) is 12.5. The largest absolute Gasteiger partial charge is 0.483 e. The van der Waals surface area contributed by atoms with Gasteiger partial charge in [-0.25, -0.2) is 0 Å². The van der Waals surface area contributed by atoms with Crippen molar-refractivity contribution in [2.45, 2.75) is 59.5 Å². The number of nitrogens with zero attached hydrogens (tertiary/aromatic N) is 2. The third-order valence-corrected chi connectivity index (χ3v) is 5.98. The highest BCUT2D eigenvalue weighted by molar-refractivity contribution is 6.38. The average molecular weight is 564 g/mol. The van der Waals surface area contributed by atoms with E-state index in [1.165, 1.54) is 6.92 Å². The number of halogens is 1. The minimum absolute atomic E-state index is 0.0329. The standard InChI is InChI=1S/C15H19ClN2O3.C13H23N3O2/c1-2-14(19)17-8-10-7-11(16)3-6-13(10)21-9-15(20)18-12-4-5-12;1-11(2)10-15-13(12(3)17)14-4-5-16-6-8-18-9-7-16/h3,6-7,12H,2,4-5,8-9H2,1H3,(H,17,19)(H,18,20);10H,4-9H2,1-3H3,(H,14,15). The van der Waals surface area contributed by atoms with E-state index < -0.39 is 0 Å². The molecule has 2 aliphatic rings. The Morgan fingerprint density at radius 1 is 1.15 bits per heavy atom. The first-order valence-corrected chi connectivity index (χ1v) is 13.8. The second-order valence-electron chi connectivity index (χ2n) is 9.62. The van der Waals surface area contributed by atoms with Crippen molar-refractivity contribution < 1.29 is 23.9 Å². The van der Waals surface area contributed by atoms with Gasteiger partial charge in [-0.15, -0.1) is 0 Å². The molecular formula is C28H42ClN5O5. The Morgan fingerprint density at radius 3 is 2.49 bits per heavy atom. The van der Waals surface area contributed by atoms with Crippen LogP contribution in [0.5, 0.6) is 5.75 Å². The number of morpholine rings is 1. The number of nitrogens with one attached hydrogen (secondary N) is 3. The number of carbonyl (C=O) groups excluding carboxylic acids is 3. The van der Waals surface area contributed by atoms with Gasteiger partial charge in [-0.2, -0.15) is 0 Å². The summed E-state index contributed by atoms with van der Waals surface area (Å²) in [6, 6.07) is 5.45. The summed E-state index contributed by atoms with van der Waals surface area (Å²) in [7, 11) is 0. The molecule has 3 rings (SSSR count). The van der Waals surface area contributed by atoms with Crippen LogP contribution in [-0.2, 0) is 25.7 Å². The summed E-state index contributed by atoms with van der Waals surface area (Å²) < 4.78 is 10.8. The van der Waals surface area contributed by atoms with Gasteiger partial charge in [0, 0.05) is 62.4 Å². The Morgan fingerprint density at radius 2 is 1.87 bits per heavy atom. The summed E-state index contributed by atoms with van der Waals surface area (Å²) in [5.74, 6) is 0.782. The van der Waals surface area contributed by atoms with E-state index in [2.05, 4.69) is 25.8 Å². The van der Waals surface area contributed by atoms with Crippen LogP contribution in [0.2, 0.25) is 5.02 Å². The molecule has 1 aliphatic carbocycles. The first-order chi connectivity index (χ1) is 18.7. The van der Waals surface area contributed by atoms with E-state index in [4.69, 9.17) is 21.1 Å². The molecule has 1 saturated carbocycles. The van der Waals surface area contributed by atoms with Crippen LogP contribution < -0.4 is 20.7 Å². The van der Waals surface area contributed by atoms with Gasteiger partial charge in [-0.05, 0) is 44.9 Å².